The summed E-state index contributed by atoms with van der Waals surface area (Å²) in [6, 6.07) is 20.4. The molecule has 5 rings (SSSR count). The Hall–Kier alpha value is -3.67. The van der Waals surface area contributed by atoms with E-state index in [1.165, 1.54) is 12.1 Å². The average molecular weight is 472 g/mol. The molecule has 1 aliphatic heterocycles. The van der Waals surface area contributed by atoms with Crippen LogP contribution in [0.3, 0.4) is 0 Å². The number of amides is 1. The summed E-state index contributed by atoms with van der Waals surface area (Å²) in [6.07, 6.45) is 2.27. The third-order valence-electron chi connectivity index (χ3n) is 6.74. The Kier molecular flexibility index (Phi) is 6.53. The summed E-state index contributed by atoms with van der Waals surface area (Å²) in [5, 5.41) is 0. The third-order valence-corrected chi connectivity index (χ3v) is 6.74. The Morgan fingerprint density at radius 3 is 2.49 bits per heavy atom. The van der Waals surface area contributed by atoms with Gasteiger partial charge >= 0.3 is 0 Å². The molecule has 0 unspecified atom stereocenters. The standard InChI is InChI=1S/C29H30FN3O2/c1-20-8-7-9-21(2)28(20)35-17-6-5-16-32-26-11-4-3-10-25(26)31-29(32)22-18-27(34)33(19-22)24-14-12-23(30)13-15-24/h3-4,7-15,22H,5-6,16-19H2,1-2H3/t22-/m0/s1. The summed E-state index contributed by atoms with van der Waals surface area (Å²) >= 11 is 0. The van der Waals surface area contributed by atoms with Crippen LogP contribution in [0.1, 0.15) is 42.1 Å². The second-order valence-electron chi connectivity index (χ2n) is 9.27. The minimum Gasteiger partial charge on any atom is -0.493 e. The number of unbranched alkanes of at least 4 members (excludes halogenated alkanes) is 1. The van der Waals surface area contributed by atoms with Gasteiger partial charge in [0.15, 0.2) is 0 Å². The SMILES string of the molecule is Cc1cccc(C)c1OCCCCn1c([C@H]2CC(=O)N(c3ccc(F)cc3)C2)nc2ccccc21. The second kappa shape index (κ2) is 9.90. The van der Waals surface area contributed by atoms with Crippen LogP contribution in [-0.2, 0) is 11.3 Å². The lowest BCUT2D eigenvalue weighted by atomic mass is 10.1. The van der Waals surface area contributed by atoms with Gasteiger partial charge in [0.05, 0.1) is 17.6 Å². The van der Waals surface area contributed by atoms with Crippen LogP contribution in [0.4, 0.5) is 10.1 Å². The van der Waals surface area contributed by atoms with E-state index in [1.54, 1.807) is 17.0 Å². The van der Waals surface area contributed by atoms with Crippen molar-refractivity contribution in [2.45, 2.75) is 45.6 Å². The van der Waals surface area contributed by atoms with Crippen LogP contribution in [0, 0.1) is 19.7 Å². The number of halogens is 1. The Labute approximate surface area is 205 Å². The minimum atomic E-state index is -0.305. The van der Waals surface area contributed by atoms with Gasteiger partial charge in [-0.2, -0.15) is 0 Å². The number of fused-ring (bicyclic) bond motifs is 1. The van der Waals surface area contributed by atoms with Gasteiger partial charge in [-0.25, -0.2) is 9.37 Å². The number of nitrogens with zero attached hydrogens (tertiary/aromatic N) is 3. The number of para-hydroxylation sites is 3. The number of benzene rings is 3. The quantitative estimate of drug-likeness (QED) is 0.289. The van der Waals surface area contributed by atoms with Crippen LogP contribution in [0.25, 0.3) is 11.0 Å². The van der Waals surface area contributed by atoms with Gasteiger partial charge < -0.3 is 14.2 Å². The molecule has 1 amide bonds. The Morgan fingerprint density at radius 2 is 1.71 bits per heavy atom. The van der Waals surface area contributed by atoms with Crippen molar-refractivity contribution >= 4 is 22.6 Å². The fraction of sp³-hybridized carbons (Fsp3) is 0.310. The zero-order chi connectivity index (χ0) is 24.4. The molecule has 180 valence electrons. The molecule has 3 aromatic carbocycles. The van der Waals surface area contributed by atoms with E-state index in [1.807, 2.05) is 24.3 Å². The normalized spacial score (nSPS) is 15.8. The van der Waals surface area contributed by atoms with Crippen LogP contribution >= 0.6 is 0 Å². The molecular formula is C29H30FN3O2. The first-order valence-electron chi connectivity index (χ1n) is 12.2. The predicted octanol–water partition coefficient (Wildman–Crippen LogP) is 6.17. The first kappa shape index (κ1) is 23.1. The van der Waals surface area contributed by atoms with Gasteiger partial charge in [0, 0.05) is 31.1 Å². The van der Waals surface area contributed by atoms with Gasteiger partial charge in [-0.15, -0.1) is 0 Å². The number of imidazole rings is 1. The molecule has 0 bridgehead atoms. The Morgan fingerprint density at radius 1 is 0.971 bits per heavy atom. The zero-order valence-electron chi connectivity index (χ0n) is 20.2. The second-order valence-corrected chi connectivity index (χ2v) is 9.27. The number of carbonyl (C=O) groups excluding carboxylic acids is 1. The Balaban J connectivity index is 1.30. The smallest absolute Gasteiger partial charge is 0.227 e. The molecule has 1 fully saturated rings. The molecule has 1 atom stereocenters. The summed E-state index contributed by atoms with van der Waals surface area (Å²) < 4.78 is 21.7. The highest BCUT2D eigenvalue weighted by Gasteiger charge is 2.34. The summed E-state index contributed by atoms with van der Waals surface area (Å²) in [5.41, 5.74) is 5.08. The number of aromatic nitrogens is 2. The van der Waals surface area contributed by atoms with Gasteiger partial charge in [-0.05, 0) is 74.2 Å². The average Bonchev–Trinajstić information content (AvgIpc) is 3.41. The number of rotatable bonds is 8. The van der Waals surface area contributed by atoms with Crippen LogP contribution in [-0.4, -0.2) is 28.6 Å². The molecule has 1 saturated heterocycles. The van der Waals surface area contributed by atoms with Crippen molar-refractivity contribution < 1.29 is 13.9 Å². The van der Waals surface area contributed by atoms with Crippen LogP contribution in [0.15, 0.2) is 66.7 Å². The summed E-state index contributed by atoms with van der Waals surface area (Å²) in [6.45, 7) is 6.17. The fourth-order valence-corrected chi connectivity index (χ4v) is 4.96. The maximum atomic E-state index is 13.4. The van der Waals surface area contributed by atoms with Gasteiger partial charge in [0.2, 0.25) is 5.91 Å². The maximum Gasteiger partial charge on any atom is 0.227 e. The lowest BCUT2D eigenvalue weighted by molar-refractivity contribution is -0.117. The number of hydrogen-bond acceptors (Lipinski definition) is 3. The molecule has 1 aliphatic rings. The van der Waals surface area contributed by atoms with Crippen molar-refractivity contribution in [3.05, 3.63) is 89.5 Å². The van der Waals surface area contributed by atoms with Gasteiger partial charge in [-0.1, -0.05) is 30.3 Å². The Bertz CT molecular complexity index is 1330. The van der Waals surface area contributed by atoms with Crippen molar-refractivity contribution in [3.8, 4) is 5.75 Å². The van der Waals surface area contributed by atoms with E-state index in [4.69, 9.17) is 9.72 Å². The lowest BCUT2D eigenvalue weighted by Crippen LogP contribution is -2.24. The van der Waals surface area contributed by atoms with E-state index in [0.29, 0.717) is 19.6 Å². The lowest BCUT2D eigenvalue weighted by Gasteiger charge is -2.17. The monoisotopic (exact) mass is 471 g/mol. The highest BCUT2D eigenvalue weighted by molar-refractivity contribution is 5.96. The third kappa shape index (κ3) is 4.78. The largest absolute Gasteiger partial charge is 0.493 e. The molecule has 0 N–H and O–H groups in total. The van der Waals surface area contributed by atoms with Gasteiger partial charge in [0.1, 0.15) is 17.4 Å². The van der Waals surface area contributed by atoms with Crippen molar-refractivity contribution in [1.82, 2.24) is 9.55 Å². The molecule has 1 aromatic heterocycles. The van der Waals surface area contributed by atoms with Crippen molar-refractivity contribution in [2.75, 3.05) is 18.1 Å². The van der Waals surface area contributed by atoms with Crippen LogP contribution < -0.4 is 9.64 Å². The molecule has 0 radical (unpaired) electrons. The molecule has 35 heavy (non-hydrogen) atoms. The van der Waals surface area contributed by atoms with Crippen molar-refractivity contribution in [1.29, 1.82) is 0 Å². The van der Waals surface area contributed by atoms with Gasteiger partial charge in [-0.3, -0.25) is 4.79 Å². The number of carbonyl (C=O) groups is 1. The topological polar surface area (TPSA) is 47.4 Å². The van der Waals surface area contributed by atoms with E-state index in [-0.39, 0.29) is 17.6 Å². The first-order valence-corrected chi connectivity index (χ1v) is 12.2. The van der Waals surface area contributed by atoms with E-state index in [2.05, 4.69) is 36.6 Å². The number of anilines is 1. The molecular weight excluding hydrogens is 441 g/mol. The number of hydrogen-bond donors (Lipinski definition) is 0. The van der Waals surface area contributed by atoms with E-state index >= 15 is 0 Å². The fourth-order valence-electron chi connectivity index (χ4n) is 4.96. The zero-order valence-corrected chi connectivity index (χ0v) is 20.2. The molecule has 0 spiro atoms. The van der Waals surface area contributed by atoms with Gasteiger partial charge in [0.25, 0.3) is 0 Å². The molecule has 5 nitrogen and oxygen atoms in total. The molecule has 0 aliphatic carbocycles. The summed E-state index contributed by atoms with van der Waals surface area (Å²) in [5.74, 6) is 1.65. The first-order chi connectivity index (χ1) is 17.0. The minimum absolute atomic E-state index is 0.00850. The molecule has 4 aromatic rings. The van der Waals surface area contributed by atoms with E-state index in [0.717, 1.165) is 58.8 Å². The molecule has 2 heterocycles. The van der Waals surface area contributed by atoms with Crippen molar-refractivity contribution in [3.63, 3.8) is 0 Å². The van der Waals surface area contributed by atoms with E-state index < -0.39 is 0 Å². The summed E-state index contributed by atoms with van der Waals surface area (Å²) in [4.78, 5) is 19.5. The predicted molar refractivity (Wildman–Crippen MR) is 136 cm³/mol. The summed E-state index contributed by atoms with van der Waals surface area (Å²) in [7, 11) is 0. The maximum absolute atomic E-state index is 13.4. The highest BCUT2D eigenvalue weighted by atomic mass is 19.1. The van der Waals surface area contributed by atoms with Crippen molar-refractivity contribution in [2.24, 2.45) is 0 Å². The van der Waals surface area contributed by atoms with Crippen LogP contribution in [0.5, 0.6) is 5.75 Å². The number of ether oxygens (including phenoxy) is 1. The molecule has 0 saturated carbocycles. The van der Waals surface area contributed by atoms with E-state index in [9.17, 15) is 9.18 Å². The number of aryl methyl sites for hydroxylation is 3. The molecule has 6 heteroatoms. The highest BCUT2D eigenvalue weighted by Crippen LogP contribution is 2.33. The van der Waals surface area contributed by atoms with Crippen LogP contribution in [0.2, 0.25) is 0 Å².